The lowest BCUT2D eigenvalue weighted by Crippen LogP contribution is -2.63. The Morgan fingerprint density at radius 2 is 1.50 bits per heavy atom. The molecule has 0 heterocycles. The van der Waals surface area contributed by atoms with Crippen molar-refractivity contribution in [2.45, 2.75) is 58.0 Å². The molecule has 0 spiro atoms. The van der Waals surface area contributed by atoms with Crippen LogP contribution in [0.3, 0.4) is 0 Å². The van der Waals surface area contributed by atoms with Crippen molar-refractivity contribution >= 4 is 8.40 Å². The van der Waals surface area contributed by atoms with Crippen LogP contribution >= 0.6 is 0 Å². The topological polar surface area (TPSA) is 24.1 Å². The van der Waals surface area contributed by atoms with E-state index in [1.54, 1.807) is 0 Å². The minimum absolute atomic E-state index is 0.955. The summed E-state index contributed by atoms with van der Waals surface area (Å²) in [5, 5.41) is 0. The van der Waals surface area contributed by atoms with E-state index in [1.165, 1.54) is 32.1 Å². The maximum atomic E-state index is 3.76. The zero-order valence-corrected chi connectivity index (χ0v) is 11.0. The zero-order chi connectivity index (χ0) is 10.4. The van der Waals surface area contributed by atoms with Crippen LogP contribution in [0.1, 0.15) is 46.0 Å². The first-order chi connectivity index (χ1) is 6.73. The maximum absolute atomic E-state index is 3.76. The van der Waals surface area contributed by atoms with Gasteiger partial charge in [0.05, 0.1) is 0 Å². The summed E-state index contributed by atoms with van der Waals surface area (Å²) in [6, 6.07) is 0. The fourth-order valence-corrected chi connectivity index (χ4v) is 6.50. The van der Waals surface area contributed by atoms with Gasteiger partial charge in [0.25, 0.3) is 0 Å². The fourth-order valence-electron chi connectivity index (χ4n) is 2.77. The van der Waals surface area contributed by atoms with E-state index in [0.717, 1.165) is 18.6 Å². The monoisotopic (exact) mass is 214 g/mol. The van der Waals surface area contributed by atoms with Gasteiger partial charge in [-0.2, -0.15) is 0 Å². The quantitative estimate of drug-likeness (QED) is 0.688. The molecule has 1 aliphatic carbocycles. The lowest BCUT2D eigenvalue weighted by Gasteiger charge is -2.38. The van der Waals surface area contributed by atoms with Crippen LogP contribution in [0.25, 0.3) is 0 Å². The van der Waals surface area contributed by atoms with Crippen LogP contribution in [0.2, 0.25) is 12.1 Å². The summed E-state index contributed by atoms with van der Waals surface area (Å²) >= 11 is 0. The van der Waals surface area contributed by atoms with Gasteiger partial charge in [-0.05, 0) is 25.2 Å². The Morgan fingerprint density at radius 1 is 1.00 bits per heavy atom. The first kappa shape index (κ1) is 12.2. The molecule has 0 unspecified atom stereocenters. The van der Waals surface area contributed by atoms with E-state index in [2.05, 4.69) is 30.4 Å². The molecule has 0 aromatic rings. The third-order valence-electron chi connectivity index (χ3n) is 3.51. The molecule has 0 bridgehead atoms. The normalized spacial score (nSPS) is 19.9. The van der Waals surface area contributed by atoms with Gasteiger partial charge in [-0.3, -0.25) is 0 Å². The van der Waals surface area contributed by atoms with E-state index in [1.807, 2.05) is 0 Å². The highest BCUT2D eigenvalue weighted by molar-refractivity contribution is 6.75. The van der Waals surface area contributed by atoms with Crippen LogP contribution in [-0.4, -0.2) is 21.5 Å². The van der Waals surface area contributed by atoms with Gasteiger partial charge in [-0.1, -0.05) is 46.0 Å². The van der Waals surface area contributed by atoms with Crippen LogP contribution < -0.4 is 9.96 Å². The highest BCUT2D eigenvalue weighted by Gasteiger charge is 2.36. The molecule has 1 saturated carbocycles. The van der Waals surface area contributed by atoms with Crippen molar-refractivity contribution in [3.63, 3.8) is 0 Å². The van der Waals surface area contributed by atoms with Gasteiger partial charge in [-0.15, -0.1) is 0 Å². The molecule has 1 fully saturated rings. The summed E-state index contributed by atoms with van der Waals surface area (Å²) in [5.74, 6) is 0. The average Bonchev–Trinajstić information content (AvgIpc) is 2.20. The molecule has 2 N–H and O–H groups in total. The highest BCUT2D eigenvalue weighted by Crippen LogP contribution is 2.34. The van der Waals surface area contributed by atoms with Gasteiger partial charge in [0.1, 0.15) is 0 Å². The van der Waals surface area contributed by atoms with Gasteiger partial charge in [-0.25, -0.2) is 0 Å². The smallest absolute Gasteiger partial charge is 0.201 e. The van der Waals surface area contributed by atoms with Gasteiger partial charge >= 0.3 is 0 Å². The van der Waals surface area contributed by atoms with Crippen molar-refractivity contribution in [3.05, 3.63) is 0 Å². The number of hydrogen-bond acceptors (Lipinski definition) is 2. The van der Waals surface area contributed by atoms with Crippen LogP contribution in [-0.2, 0) is 0 Å². The third-order valence-corrected chi connectivity index (χ3v) is 7.90. The fraction of sp³-hybridized carbons (Fsp3) is 1.00. The van der Waals surface area contributed by atoms with E-state index in [0.29, 0.717) is 0 Å². The Balaban J connectivity index is 2.54. The van der Waals surface area contributed by atoms with E-state index >= 15 is 0 Å². The lowest BCUT2D eigenvalue weighted by atomic mass is 10.0. The number of nitrogens with one attached hydrogen (secondary N) is 2. The highest BCUT2D eigenvalue weighted by atomic mass is 28.3. The predicted octanol–water partition coefficient (Wildman–Crippen LogP) is 2.61. The maximum Gasteiger partial charge on any atom is 0.201 e. The molecule has 0 aromatic carbocycles. The summed E-state index contributed by atoms with van der Waals surface area (Å²) in [7, 11) is -1.35. The van der Waals surface area contributed by atoms with Gasteiger partial charge in [0, 0.05) is 0 Å². The third kappa shape index (κ3) is 3.07. The molecular formula is C11H26N2Si. The molecule has 2 nitrogen and oxygen atoms in total. The van der Waals surface area contributed by atoms with Crippen molar-refractivity contribution < 1.29 is 0 Å². The standard InChI is InChI=1S/C11H26N2Si/c1-4-12-14(3,13-5-2)11-9-7-6-8-10-11/h11-13H,4-10H2,1-3H3. The van der Waals surface area contributed by atoms with Crippen LogP contribution in [0.4, 0.5) is 0 Å². The molecule has 0 atom stereocenters. The molecule has 84 valence electrons. The minimum Gasteiger partial charge on any atom is -0.326 e. The van der Waals surface area contributed by atoms with Crippen molar-refractivity contribution in [2.75, 3.05) is 13.1 Å². The van der Waals surface area contributed by atoms with Gasteiger partial charge in [0.2, 0.25) is 8.40 Å². The Labute approximate surface area is 90.0 Å². The summed E-state index contributed by atoms with van der Waals surface area (Å²) < 4.78 is 0. The Hall–Kier alpha value is 0.137. The SMILES string of the molecule is CCN[Si](C)(NCC)C1CCCCC1. The molecule has 0 aromatic heterocycles. The summed E-state index contributed by atoms with van der Waals surface area (Å²) in [5.41, 5.74) is 0.955. The minimum atomic E-state index is -1.35. The summed E-state index contributed by atoms with van der Waals surface area (Å²) in [6.07, 6.45) is 7.25. The second-order valence-corrected chi connectivity index (χ2v) is 8.53. The van der Waals surface area contributed by atoms with E-state index in [9.17, 15) is 0 Å². The van der Waals surface area contributed by atoms with E-state index < -0.39 is 8.40 Å². The second-order valence-electron chi connectivity index (χ2n) is 4.60. The average molecular weight is 214 g/mol. The first-order valence-corrected chi connectivity index (χ1v) is 8.80. The summed E-state index contributed by atoms with van der Waals surface area (Å²) in [6.45, 7) is 9.16. The van der Waals surface area contributed by atoms with Crippen LogP contribution in [0.15, 0.2) is 0 Å². The van der Waals surface area contributed by atoms with Crippen LogP contribution in [0.5, 0.6) is 0 Å². The van der Waals surface area contributed by atoms with Crippen molar-refractivity contribution in [2.24, 2.45) is 0 Å². The molecule has 0 amide bonds. The molecule has 0 saturated heterocycles. The van der Waals surface area contributed by atoms with E-state index in [4.69, 9.17) is 0 Å². The molecule has 14 heavy (non-hydrogen) atoms. The first-order valence-electron chi connectivity index (χ1n) is 6.23. The number of rotatable bonds is 5. The van der Waals surface area contributed by atoms with Crippen molar-refractivity contribution in [3.8, 4) is 0 Å². The zero-order valence-electron chi connectivity index (χ0n) is 10.0. The van der Waals surface area contributed by atoms with Crippen LogP contribution in [0, 0.1) is 0 Å². The number of hydrogen-bond donors (Lipinski definition) is 2. The summed E-state index contributed by atoms with van der Waals surface area (Å²) in [4.78, 5) is 7.51. The molecule has 0 aliphatic heterocycles. The van der Waals surface area contributed by atoms with Crippen molar-refractivity contribution in [1.29, 1.82) is 0 Å². The molecular weight excluding hydrogens is 188 g/mol. The Morgan fingerprint density at radius 3 is 1.93 bits per heavy atom. The van der Waals surface area contributed by atoms with Crippen molar-refractivity contribution in [1.82, 2.24) is 9.96 Å². The molecule has 3 heteroatoms. The predicted molar refractivity (Wildman–Crippen MR) is 65.8 cm³/mol. The Bertz CT molecular complexity index is 149. The van der Waals surface area contributed by atoms with Gasteiger partial charge < -0.3 is 9.96 Å². The Kier molecular flexibility index (Phi) is 5.13. The van der Waals surface area contributed by atoms with E-state index in [-0.39, 0.29) is 0 Å². The molecule has 1 rings (SSSR count). The second kappa shape index (κ2) is 5.88. The molecule has 0 radical (unpaired) electrons. The molecule has 1 aliphatic rings. The largest absolute Gasteiger partial charge is 0.326 e. The lowest BCUT2D eigenvalue weighted by molar-refractivity contribution is 0.480. The van der Waals surface area contributed by atoms with Gasteiger partial charge in [0.15, 0.2) is 0 Å².